The number of ether oxygens (including phenoxy) is 1. The molecule has 0 aliphatic heterocycles. The quantitative estimate of drug-likeness (QED) is 0.917. The first-order valence-corrected chi connectivity index (χ1v) is 6.55. The number of aliphatic hydroxyl groups is 1. The van der Waals surface area contributed by atoms with Crippen LogP contribution in [0.3, 0.4) is 0 Å². The maximum absolute atomic E-state index is 10.4. The summed E-state index contributed by atoms with van der Waals surface area (Å²) < 4.78 is 5.30. The minimum atomic E-state index is -0.630. The number of benzene rings is 2. The summed E-state index contributed by atoms with van der Waals surface area (Å²) in [6.07, 6.45) is -0.158. The van der Waals surface area contributed by atoms with Crippen molar-refractivity contribution in [2.45, 2.75) is 19.4 Å². The van der Waals surface area contributed by atoms with Crippen molar-refractivity contribution in [3.63, 3.8) is 0 Å². The predicted molar refractivity (Wildman–Crippen MR) is 77.8 cm³/mol. The molecule has 0 saturated heterocycles. The SMILES string of the molecule is COc1ccc(C)cc1C(O)Cc1ccccc1Cl. The summed E-state index contributed by atoms with van der Waals surface area (Å²) in [7, 11) is 1.61. The van der Waals surface area contributed by atoms with E-state index < -0.39 is 6.10 Å². The van der Waals surface area contributed by atoms with E-state index in [4.69, 9.17) is 16.3 Å². The summed E-state index contributed by atoms with van der Waals surface area (Å²) >= 11 is 6.12. The fourth-order valence-corrected chi connectivity index (χ4v) is 2.31. The molecule has 3 heteroatoms. The molecule has 2 aromatic carbocycles. The van der Waals surface area contributed by atoms with E-state index in [-0.39, 0.29) is 0 Å². The van der Waals surface area contributed by atoms with Gasteiger partial charge in [0, 0.05) is 17.0 Å². The zero-order valence-corrected chi connectivity index (χ0v) is 11.8. The van der Waals surface area contributed by atoms with Gasteiger partial charge < -0.3 is 9.84 Å². The van der Waals surface area contributed by atoms with Crippen LogP contribution in [-0.2, 0) is 6.42 Å². The molecule has 0 saturated carbocycles. The van der Waals surface area contributed by atoms with E-state index in [0.717, 1.165) is 16.7 Å². The van der Waals surface area contributed by atoms with Crippen LogP contribution in [0, 0.1) is 6.92 Å². The van der Waals surface area contributed by atoms with E-state index in [1.54, 1.807) is 7.11 Å². The van der Waals surface area contributed by atoms with Crippen molar-refractivity contribution in [2.24, 2.45) is 0 Å². The molecule has 1 unspecified atom stereocenters. The Morgan fingerprint density at radius 2 is 1.95 bits per heavy atom. The molecule has 0 aromatic heterocycles. The lowest BCUT2D eigenvalue weighted by Crippen LogP contribution is -2.05. The molecule has 0 fully saturated rings. The summed E-state index contributed by atoms with van der Waals surface area (Å²) in [6, 6.07) is 13.3. The Hall–Kier alpha value is -1.51. The zero-order valence-electron chi connectivity index (χ0n) is 11.1. The van der Waals surface area contributed by atoms with Crippen LogP contribution in [-0.4, -0.2) is 12.2 Å². The topological polar surface area (TPSA) is 29.5 Å². The summed E-state index contributed by atoms with van der Waals surface area (Å²) in [5.74, 6) is 0.699. The number of aliphatic hydroxyl groups excluding tert-OH is 1. The van der Waals surface area contributed by atoms with Gasteiger partial charge in [-0.15, -0.1) is 0 Å². The first-order valence-electron chi connectivity index (χ1n) is 6.18. The summed E-state index contributed by atoms with van der Waals surface area (Å²) in [6.45, 7) is 1.99. The van der Waals surface area contributed by atoms with Crippen LogP contribution >= 0.6 is 11.6 Å². The smallest absolute Gasteiger partial charge is 0.124 e. The Labute approximate surface area is 118 Å². The lowest BCUT2D eigenvalue weighted by Gasteiger charge is -2.16. The van der Waals surface area contributed by atoms with Gasteiger partial charge in [-0.1, -0.05) is 41.4 Å². The fourth-order valence-electron chi connectivity index (χ4n) is 2.10. The molecule has 0 spiro atoms. The van der Waals surface area contributed by atoms with Crippen LogP contribution in [0.2, 0.25) is 5.02 Å². The fraction of sp³-hybridized carbons (Fsp3) is 0.250. The van der Waals surface area contributed by atoms with Crippen LogP contribution in [0.4, 0.5) is 0 Å². The number of aryl methyl sites for hydroxylation is 1. The van der Waals surface area contributed by atoms with Gasteiger partial charge in [0.2, 0.25) is 0 Å². The second kappa shape index (κ2) is 6.09. The highest BCUT2D eigenvalue weighted by molar-refractivity contribution is 6.31. The molecule has 0 aliphatic carbocycles. The molecule has 0 radical (unpaired) electrons. The lowest BCUT2D eigenvalue weighted by molar-refractivity contribution is 0.174. The molecular formula is C16H17ClO2. The van der Waals surface area contributed by atoms with E-state index in [1.165, 1.54) is 0 Å². The summed E-state index contributed by atoms with van der Waals surface area (Å²) in [4.78, 5) is 0. The van der Waals surface area contributed by atoms with Gasteiger partial charge in [0.15, 0.2) is 0 Å². The van der Waals surface area contributed by atoms with Crippen molar-refractivity contribution < 1.29 is 9.84 Å². The highest BCUT2D eigenvalue weighted by atomic mass is 35.5. The minimum absolute atomic E-state index is 0.472. The van der Waals surface area contributed by atoms with E-state index >= 15 is 0 Å². The summed E-state index contributed by atoms with van der Waals surface area (Å²) in [5.41, 5.74) is 2.82. The molecule has 19 heavy (non-hydrogen) atoms. The molecule has 0 bridgehead atoms. The van der Waals surface area contributed by atoms with Gasteiger partial charge in [-0.25, -0.2) is 0 Å². The van der Waals surface area contributed by atoms with Gasteiger partial charge >= 0.3 is 0 Å². The van der Waals surface area contributed by atoms with Gasteiger partial charge in [0.05, 0.1) is 13.2 Å². The molecule has 0 heterocycles. The van der Waals surface area contributed by atoms with E-state index in [2.05, 4.69) is 0 Å². The first-order chi connectivity index (χ1) is 9.11. The third kappa shape index (κ3) is 3.28. The van der Waals surface area contributed by atoms with Crippen molar-refractivity contribution in [2.75, 3.05) is 7.11 Å². The second-order valence-electron chi connectivity index (χ2n) is 4.56. The van der Waals surface area contributed by atoms with Crippen molar-refractivity contribution in [3.8, 4) is 5.75 Å². The first kappa shape index (κ1) is 13.9. The van der Waals surface area contributed by atoms with E-state index in [0.29, 0.717) is 17.2 Å². The number of hydrogen-bond donors (Lipinski definition) is 1. The molecule has 2 nitrogen and oxygen atoms in total. The van der Waals surface area contributed by atoms with E-state index in [9.17, 15) is 5.11 Å². The molecule has 2 aromatic rings. The number of hydrogen-bond acceptors (Lipinski definition) is 2. The highest BCUT2D eigenvalue weighted by Crippen LogP contribution is 2.30. The van der Waals surface area contributed by atoms with Gasteiger partial charge in [0.25, 0.3) is 0 Å². The Kier molecular flexibility index (Phi) is 4.46. The van der Waals surface area contributed by atoms with Gasteiger partial charge in [-0.2, -0.15) is 0 Å². The monoisotopic (exact) mass is 276 g/mol. The Bertz CT molecular complexity index is 566. The molecular weight excluding hydrogens is 260 g/mol. The van der Waals surface area contributed by atoms with Crippen LogP contribution in [0.1, 0.15) is 22.8 Å². The highest BCUT2D eigenvalue weighted by Gasteiger charge is 2.15. The van der Waals surface area contributed by atoms with Gasteiger partial charge in [-0.3, -0.25) is 0 Å². The van der Waals surface area contributed by atoms with Crippen molar-refractivity contribution in [3.05, 3.63) is 64.2 Å². The Morgan fingerprint density at radius 1 is 1.21 bits per heavy atom. The van der Waals surface area contributed by atoms with Crippen LogP contribution in [0.15, 0.2) is 42.5 Å². The normalized spacial score (nSPS) is 12.2. The molecule has 100 valence electrons. The predicted octanol–water partition coefficient (Wildman–Crippen LogP) is 3.93. The van der Waals surface area contributed by atoms with Crippen molar-refractivity contribution in [1.29, 1.82) is 0 Å². The largest absolute Gasteiger partial charge is 0.496 e. The number of halogens is 1. The van der Waals surface area contributed by atoms with E-state index in [1.807, 2.05) is 49.4 Å². The maximum atomic E-state index is 10.4. The summed E-state index contributed by atoms with van der Waals surface area (Å²) in [5, 5.41) is 11.1. The van der Waals surface area contributed by atoms with Crippen LogP contribution in [0.5, 0.6) is 5.75 Å². The number of methoxy groups -OCH3 is 1. The molecule has 2 rings (SSSR count). The lowest BCUT2D eigenvalue weighted by atomic mass is 9.99. The third-order valence-corrected chi connectivity index (χ3v) is 3.48. The molecule has 1 atom stereocenters. The third-order valence-electron chi connectivity index (χ3n) is 3.12. The van der Waals surface area contributed by atoms with Gasteiger partial charge in [-0.05, 0) is 30.7 Å². The van der Waals surface area contributed by atoms with Crippen molar-refractivity contribution in [1.82, 2.24) is 0 Å². The number of rotatable bonds is 4. The maximum Gasteiger partial charge on any atom is 0.124 e. The molecule has 0 aliphatic rings. The zero-order chi connectivity index (χ0) is 13.8. The second-order valence-corrected chi connectivity index (χ2v) is 4.96. The molecule has 0 amide bonds. The Balaban J connectivity index is 2.27. The van der Waals surface area contributed by atoms with Gasteiger partial charge in [0.1, 0.15) is 5.75 Å². The Morgan fingerprint density at radius 3 is 2.63 bits per heavy atom. The van der Waals surface area contributed by atoms with Crippen molar-refractivity contribution >= 4 is 11.6 Å². The standard InChI is InChI=1S/C16H17ClO2/c1-11-7-8-16(19-2)13(9-11)15(18)10-12-5-3-4-6-14(12)17/h3-9,15,18H,10H2,1-2H3. The average Bonchev–Trinajstić information content (AvgIpc) is 2.41. The van der Waals surface area contributed by atoms with Crippen LogP contribution < -0.4 is 4.74 Å². The minimum Gasteiger partial charge on any atom is -0.496 e. The average molecular weight is 277 g/mol. The van der Waals surface area contributed by atoms with Crippen LogP contribution in [0.25, 0.3) is 0 Å². The molecule has 1 N–H and O–H groups in total.